The van der Waals surface area contributed by atoms with Crippen molar-refractivity contribution in [2.24, 2.45) is 0 Å². The molecule has 1 saturated heterocycles. The molecular weight excluding hydrogens is 256 g/mol. The maximum absolute atomic E-state index is 10.3. The Morgan fingerprint density at radius 1 is 1.35 bits per heavy atom. The lowest BCUT2D eigenvalue weighted by molar-refractivity contribution is 0.0381. The van der Waals surface area contributed by atoms with Crippen LogP contribution < -0.4 is 10.6 Å². The van der Waals surface area contributed by atoms with Gasteiger partial charge in [-0.3, -0.25) is 0 Å². The average Bonchev–Trinajstić information content (AvgIpc) is 2.84. The summed E-state index contributed by atoms with van der Waals surface area (Å²) in [5.41, 5.74) is -0.790. The van der Waals surface area contributed by atoms with E-state index in [0.717, 1.165) is 24.0 Å². The fourth-order valence-electron chi connectivity index (χ4n) is 2.08. The SMILES string of the molecule is CCNc1cc(NCC2(O)CCOC2)nc(C(C)C)n1. The van der Waals surface area contributed by atoms with Crippen molar-refractivity contribution in [3.63, 3.8) is 0 Å². The molecule has 6 nitrogen and oxygen atoms in total. The van der Waals surface area contributed by atoms with E-state index < -0.39 is 5.60 Å². The highest BCUT2D eigenvalue weighted by molar-refractivity contribution is 5.48. The molecule has 3 N–H and O–H groups in total. The second-order valence-electron chi connectivity index (χ2n) is 5.56. The molecule has 0 spiro atoms. The molecule has 0 aromatic carbocycles. The molecule has 1 unspecified atom stereocenters. The lowest BCUT2D eigenvalue weighted by Crippen LogP contribution is -2.37. The van der Waals surface area contributed by atoms with Gasteiger partial charge in [0.1, 0.15) is 23.1 Å². The minimum Gasteiger partial charge on any atom is -0.386 e. The topological polar surface area (TPSA) is 79.3 Å². The van der Waals surface area contributed by atoms with Gasteiger partial charge < -0.3 is 20.5 Å². The Labute approximate surface area is 120 Å². The van der Waals surface area contributed by atoms with E-state index in [2.05, 4.69) is 34.4 Å². The third-order valence-corrected chi connectivity index (χ3v) is 3.30. The van der Waals surface area contributed by atoms with Gasteiger partial charge in [0.15, 0.2) is 0 Å². The van der Waals surface area contributed by atoms with Crippen LogP contribution in [0.1, 0.15) is 38.9 Å². The number of nitrogens with one attached hydrogen (secondary N) is 2. The fourth-order valence-corrected chi connectivity index (χ4v) is 2.08. The second kappa shape index (κ2) is 6.37. The molecule has 0 bridgehead atoms. The maximum Gasteiger partial charge on any atom is 0.135 e. The van der Waals surface area contributed by atoms with Crippen LogP contribution in [0.15, 0.2) is 6.07 Å². The van der Waals surface area contributed by atoms with Crippen molar-refractivity contribution in [1.29, 1.82) is 0 Å². The molecule has 0 aliphatic carbocycles. The Balaban J connectivity index is 2.09. The molecule has 1 aliphatic heterocycles. The van der Waals surface area contributed by atoms with Gasteiger partial charge in [-0.15, -0.1) is 0 Å². The van der Waals surface area contributed by atoms with Crippen LogP contribution in [-0.2, 0) is 4.74 Å². The molecule has 2 rings (SSSR count). The van der Waals surface area contributed by atoms with E-state index in [1.807, 2.05) is 13.0 Å². The number of hydrogen-bond acceptors (Lipinski definition) is 6. The Bertz CT molecular complexity index is 445. The van der Waals surface area contributed by atoms with Crippen molar-refractivity contribution in [3.05, 3.63) is 11.9 Å². The number of aromatic nitrogens is 2. The Kier molecular flexibility index (Phi) is 4.77. The summed E-state index contributed by atoms with van der Waals surface area (Å²) < 4.78 is 5.24. The van der Waals surface area contributed by atoms with Crippen LogP contribution in [0, 0.1) is 0 Å². The first-order chi connectivity index (χ1) is 9.52. The van der Waals surface area contributed by atoms with E-state index in [0.29, 0.717) is 26.2 Å². The normalized spacial score (nSPS) is 22.2. The number of rotatable bonds is 6. The second-order valence-corrected chi connectivity index (χ2v) is 5.56. The van der Waals surface area contributed by atoms with Crippen molar-refractivity contribution in [2.75, 3.05) is 36.9 Å². The first-order valence-corrected chi connectivity index (χ1v) is 7.19. The van der Waals surface area contributed by atoms with Crippen molar-refractivity contribution >= 4 is 11.6 Å². The van der Waals surface area contributed by atoms with Crippen molar-refractivity contribution in [3.8, 4) is 0 Å². The quantitative estimate of drug-likeness (QED) is 0.734. The molecule has 20 heavy (non-hydrogen) atoms. The number of aliphatic hydroxyl groups is 1. The van der Waals surface area contributed by atoms with Crippen LogP contribution in [0.3, 0.4) is 0 Å². The van der Waals surface area contributed by atoms with Gasteiger partial charge in [-0.1, -0.05) is 13.8 Å². The summed E-state index contributed by atoms with van der Waals surface area (Å²) in [5.74, 6) is 2.59. The van der Waals surface area contributed by atoms with Crippen LogP contribution in [-0.4, -0.2) is 47.0 Å². The molecular formula is C14H24N4O2. The minimum absolute atomic E-state index is 0.257. The van der Waals surface area contributed by atoms with E-state index in [4.69, 9.17) is 4.74 Å². The van der Waals surface area contributed by atoms with Crippen LogP contribution in [0.4, 0.5) is 11.6 Å². The first-order valence-electron chi connectivity index (χ1n) is 7.19. The van der Waals surface area contributed by atoms with Crippen LogP contribution in [0.25, 0.3) is 0 Å². The summed E-state index contributed by atoms with van der Waals surface area (Å²) in [6.07, 6.45) is 0.655. The summed E-state index contributed by atoms with van der Waals surface area (Å²) >= 11 is 0. The highest BCUT2D eigenvalue weighted by Gasteiger charge is 2.32. The standard InChI is InChI=1S/C14H24N4O2/c1-4-15-11-7-12(18-13(17-11)10(2)3)16-8-14(19)5-6-20-9-14/h7,10,19H,4-6,8-9H2,1-3H3,(H2,15,16,17,18). The highest BCUT2D eigenvalue weighted by atomic mass is 16.5. The zero-order chi connectivity index (χ0) is 14.6. The molecule has 1 aromatic rings. The third-order valence-electron chi connectivity index (χ3n) is 3.30. The van der Waals surface area contributed by atoms with Gasteiger partial charge in [-0.25, -0.2) is 9.97 Å². The van der Waals surface area contributed by atoms with Crippen molar-refractivity contribution < 1.29 is 9.84 Å². The van der Waals surface area contributed by atoms with Gasteiger partial charge in [0, 0.05) is 38.1 Å². The predicted octanol–water partition coefficient (Wildman–Crippen LogP) is 1.60. The molecule has 112 valence electrons. The summed E-state index contributed by atoms with van der Waals surface area (Å²) in [6.45, 7) is 8.39. The smallest absolute Gasteiger partial charge is 0.135 e. The fraction of sp³-hybridized carbons (Fsp3) is 0.714. The Morgan fingerprint density at radius 3 is 2.60 bits per heavy atom. The molecule has 0 amide bonds. The third kappa shape index (κ3) is 3.80. The number of nitrogens with zero attached hydrogens (tertiary/aromatic N) is 2. The number of ether oxygens (including phenoxy) is 1. The summed E-state index contributed by atoms with van der Waals surface area (Å²) in [7, 11) is 0. The lowest BCUT2D eigenvalue weighted by Gasteiger charge is -2.21. The van der Waals surface area contributed by atoms with Gasteiger partial charge in [-0.05, 0) is 6.92 Å². The Morgan fingerprint density at radius 2 is 2.05 bits per heavy atom. The number of hydrogen-bond donors (Lipinski definition) is 3. The average molecular weight is 280 g/mol. The zero-order valence-corrected chi connectivity index (χ0v) is 12.4. The molecule has 2 heterocycles. The molecule has 1 aliphatic rings. The van der Waals surface area contributed by atoms with Gasteiger partial charge >= 0.3 is 0 Å². The van der Waals surface area contributed by atoms with Crippen LogP contribution in [0.2, 0.25) is 0 Å². The van der Waals surface area contributed by atoms with Gasteiger partial charge in [0.25, 0.3) is 0 Å². The highest BCUT2D eigenvalue weighted by Crippen LogP contribution is 2.21. The Hall–Kier alpha value is -1.40. The monoisotopic (exact) mass is 280 g/mol. The van der Waals surface area contributed by atoms with Crippen molar-refractivity contribution in [2.45, 2.75) is 38.7 Å². The first kappa shape index (κ1) is 15.0. The molecule has 1 fully saturated rings. The van der Waals surface area contributed by atoms with Crippen LogP contribution >= 0.6 is 0 Å². The number of anilines is 2. The van der Waals surface area contributed by atoms with Crippen LogP contribution in [0.5, 0.6) is 0 Å². The van der Waals surface area contributed by atoms with E-state index in [1.54, 1.807) is 0 Å². The zero-order valence-electron chi connectivity index (χ0n) is 12.4. The molecule has 0 saturated carbocycles. The molecule has 1 atom stereocenters. The summed E-state index contributed by atoms with van der Waals surface area (Å²) in [4.78, 5) is 8.96. The van der Waals surface area contributed by atoms with E-state index >= 15 is 0 Å². The minimum atomic E-state index is -0.790. The van der Waals surface area contributed by atoms with Gasteiger partial charge in [0.05, 0.1) is 6.61 Å². The molecule has 6 heteroatoms. The van der Waals surface area contributed by atoms with E-state index in [1.165, 1.54) is 0 Å². The summed E-state index contributed by atoms with van der Waals surface area (Å²) in [5, 5.41) is 16.7. The van der Waals surface area contributed by atoms with Gasteiger partial charge in [0.2, 0.25) is 0 Å². The van der Waals surface area contributed by atoms with Crippen molar-refractivity contribution in [1.82, 2.24) is 9.97 Å². The van der Waals surface area contributed by atoms with E-state index in [-0.39, 0.29) is 5.92 Å². The molecule has 1 aromatic heterocycles. The summed E-state index contributed by atoms with van der Waals surface area (Å²) in [6, 6.07) is 1.87. The molecule has 0 radical (unpaired) electrons. The predicted molar refractivity (Wildman–Crippen MR) is 79.2 cm³/mol. The lowest BCUT2D eigenvalue weighted by atomic mass is 10.0. The largest absolute Gasteiger partial charge is 0.386 e. The van der Waals surface area contributed by atoms with Gasteiger partial charge in [-0.2, -0.15) is 0 Å². The van der Waals surface area contributed by atoms with E-state index in [9.17, 15) is 5.11 Å². The maximum atomic E-state index is 10.3.